The van der Waals surface area contributed by atoms with E-state index in [1.54, 1.807) is 10.7 Å². The number of hydrogen-bond acceptors (Lipinski definition) is 3. The maximum Gasteiger partial charge on any atom is 0.418 e. The second-order valence-corrected chi connectivity index (χ2v) is 9.81. The number of carboxylic acids is 1. The molecule has 1 unspecified atom stereocenters. The lowest BCUT2D eigenvalue weighted by molar-refractivity contribution is -0.142. The lowest BCUT2D eigenvalue weighted by atomic mass is 9.97. The highest BCUT2D eigenvalue weighted by Crippen LogP contribution is 2.38. The van der Waals surface area contributed by atoms with Crippen LogP contribution in [0, 0.1) is 19.8 Å². The lowest BCUT2D eigenvalue weighted by Crippen LogP contribution is -2.38. The Balaban J connectivity index is 1.58. The number of piperidine rings is 1. The third-order valence-electron chi connectivity index (χ3n) is 7.17. The zero-order chi connectivity index (χ0) is 26.3. The summed E-state index contributed by atoms with van der Waals surface area (Å²) in [6.45, 7) is 5.54. The summed E-state index contributed by atoms with van der Waals surface area (Å²) in [5.41, 5.74) is 4.60. The Morgan fingerprint density at radius 2 is 1.84 bits per heavy atom. The zero-order valence-electron chi connectivity index (χ0n) is 20.7. The van der Waals surface area contributed by atoms with E-state index in [9.17, 15) is 23.1 Å². The molecule has 0 amide bonds. The van der Waals surface area contributed by atoms with E-state index in [0.717, 1.165) is 47.0 Å². The number of anilines is 1. The number of alkyl halides is 3. The van der Waals surface area contributed by atoms with Crippen LogP contribution < -0.4 is 4.90 Å². The molecule has 192 valence electrons. The van der Waals surface area contributed by atoms with E-state index in [4.69, 9.17) is 0 Å². The maximum atomic E-state index is 13.8. The molecule has 0 spiro atoms. The average molecular weight is 508 g/mol. The molecule has 1 atom stereocenters. The highest BCUT2D eigenvalue weighted by atomic mass is 19.4. The van der Waals surface area contributed by atoms with E-state index in [0.29, 0.717) is 30.6 Å². The summed E-state index contributed by atoms with van der Waals surface area (Å²) in [4.78, 5) is 13.5. The van der Waals surface area contributed by atoms with Crippen LogP contribution in [0.5, 0.6) is 0 Å². The van der Waals surface area contributed by atoms with Crippen molar-refractivity contribution in [3.8, 4) is 11.3 Å². The fourth-order valence-electron chi connectivity index (χ4n) is 5.23. The fraction of sp³-hybridized carbons (Fsp3) is 0.310. The van der Waals surface area contributed by atoms with Crippen LogP contribution >= 0.6 is 0 Å². The van der Waals surface area contributed by atoms with Crippen molar-refractivity contribution in [1.82, 2.24) is 9.78 Å². The quantitative estimate of drug-likeness (QED) is 0.327. The number of benzene rings is 3. The van der Waals surface area contributed by atoms with Crippen LogP contribution in [-0.4, -0.2) is 33.9 Å². The van der Waals surface area contributed by atoms with Gasteiger partial charge in [-0.3, -0.25) is 9.48 Å². The predicted molar refractivity (Wildman–Crippen MR) is 138 cm³/mol. The molecular formula is C29H28F3N3O2. The van der Waals surface area contributed by atoms with Gasteiger partial charge in [0.2, 0.25) is 0 Å². The van der Waals surface area contributed by atoms with E-state index >= 15 is 0 Å². The van der Waals surface area contributed by atoms with Gasteiger partial charge in [0.25, 0.3) is 0 Å². The highest BCUT2D eigenvalue weighted by Gasteiger charge is 2.34. The Kier molecular flexibility index (Phi) is 6.43. The number of rotatable bonds is 5. The molecule has 2 heterocycles. The first kappa shape index (κ1) is 24.9. The number of aryl methyl sites for hydroxylation is 2. The van der Waals surface area contributed by atoms with Gasteiger partial charge in [-0.1, -0.05) is 48.0 Å². The number of carbonyl (C=O) groups is 1. The smallest absolute Gasteiger partial charge is 0.418 e. The van der Waals surface area contributed by atoms with Crippen molar-refractivity contribution in [2.24, 2.45) is 5.92 Å². The van der Waals surface area contributed by atoms with Gasteiger partial charge in [0.05, 0.1) is 23.7 Å². The van der Waals surface area contributed by atoms with Gasteiger partial charge in [-0.2, -0.15) is 18.3 Å². The highest BCUT2D eigenvalue weighted by molar-refractivity contribution is 5.95. The fourth-order valence-corrected chi connectivity index (χ4v) is 5.23. The molecule has 5 nitrogen and oxygen atoms in total. The van der Waals surface area contributed by atoms with Crippen molar-refractivity contribution in [2.75, 3.05) is 18.0 Å². The Bertz CT molecular complexity index is 1460. The van der Waals surface area contributed by atoms with E-state index in [1.807, 2.05) is 50.2 Å². The average Bonchev–Trinajstić information content (AvgIpc) is 3.23. The number of aromatic nitrogens is 2. The topological polar surface area (TPSA) is 58.4 Å². The summed E-state index contributed by atoms with van der Waals surface area (Å²) in [5, 5.41) is 14.3. The molecule has 0 aliphatic carbocycles. The summed E-state index contributed by atoms with van der Waals surface area (Å²) in [7, 11) is 0. The number of nitrogens with zero attached hydrogens (tertiary/aromatic N) is 3. The molecule has 1 aliphatic rings. The van der Waals surface area contributed by atoms with Crippen LogP contribution in [0.25, 0.3) is 22.2 Å². The molecule has 8 heteroatoms. The molecule has 1 N–H and O–H groups in total. The van der Waals surface area contributed by atoms with Crippen molar-refractivity contribution in [1.29, 1.82) is 0 Å². The van der Waals surface area contributed by atoms with Crippen molar-refractivity contribution in [3.05, 3.63) is 82.9 Å². The summed E-state index contributed by atoms with van der Waals surface area (Å²) < 4.78 is 43.2. The summed E-state index contributed by atoms with van der Waals surface area (Å²) in [6, 6.07) is 17.8. The summed E-state index contributed by atoms with van der Waals surface area (Å²) >= 11 is 0. The second kappa shape index (κ2) is 9.57. The predicted octanol–water partition coefficient (Wildman–Crippen LogP) is 6.69. The first-order valence-corrected chi connectivity index (χ1v) is 12.3. The third-order valence-corrected chi connectivity index (χ3v) is 7.17. The maximum absolute atomic E-state index is 13.8. The first-order valence-electron chi connectivity index (χ1n) is 12.3. The van der Waals surface area contributed by atoms with Crippen LogP contribution in [0.4, 0.5) is 18.9 Å². The lowest BCUT2D eigenvalue weighted by Gasteiger charge is -2.32. The molecule has 0 bridgehead atoms. The Labute approximate surface area is 213 Å². The second-order valence-electron chi connectivity index (χ2n) is 9.81. The number of hydrogen-bond donors (Lipinski definition) is 1. The normalized spacial score (nSPS) is 16.4. The Hall–Kier alpha value is -3.81. The number of aliphatic carboxylic acids is 1. The minimum atomic E-state index is -4.52. The van der Waals surface area contributed by atoms with Gasteiger partial charge in [0.15, 0.2) is 0 Å². The van der Waals surface area contributed by atoms with Gasteiger partial charge in [-0.25, -0.2) is 0 Å². The largest absolute Gasteiger partial charge is 0.481 e. The van der Waals surface area contributed by atoms with E-state index in [-0.39, 0.29) is 5.52 Å². The number of carboxylic acid groups (broad SMARTS) is 1. The molecule has 1 fully saturated rings. The molecule has 3 aromatic carbocycles. The minimum Gasteiger partial charge on any atom is -0.481 e. The molecule has 1 aliphatic heterocycles. The van der Waals surface area contributed by atoms with E-state index in [2.05, 4.69) is 16.1 Å². The van der Waals surface area contributed by atoms with Gasteiger partial charge >= 0.3 is 12.1 Å². The van der Waals surface area contributed by atoms with E-state index in [1.165, 1.54) is 6.07 Å². The number of fused-ring (bicyclic) bond motifs is 1. The standard InChI is InChI=1S/C29H28F3N3O2/c1-18-8-9-21(19(2)15-18)17-35-27(24-6-3-7-25(26(24)33-35)29(30,31)32)20-10-12-23(13-11-20)34-14-4-5-22(16-34)28(36)37/h3,6-13,15,22H,4-5,14,16-17H2,1-2H3,(H,36,37). The van der Waals surface area contributed by atoms with Crippen molar-refractivity contribution < 1.29 is 23.1 Å². The summed E-state index contributed by atoms with van der Waals surface area (Å²) in [6.07, 6.45) is -3.06. The van der Waals surface area contributed by atoms with E-state index < -0.39 is 23.6 Å². The molecular weight excluding hydrogens is 479 g/mol. The molecule has 0 saturated carbocycles. The Morgan fingerprint density at radius 1 is 1.08 bits per heavy atom. The Morgan fingerprint density at radius 3 is 2.51 bits per heavy atom. The summed E-state index contributed by atoms with van der Waals surface area (Å²) in [5.74, 6) is -1.19. The van der Waals surface area contributed by atoms with Crippen LogP contribution in [0.3, 0.4) is 0 Å². The van der Waals surface area contributed by atoms with Crippen LogP contribution in [0.2, 0.25) is 0 Å². The number of halogens is 3. The SMILES string of the molecule is Cc1ccc(Cn2nc3c(C(F)(F)F)cccc3c2-c2ccc(N3CCCC(C(=O)O)C3)cc2)c(C)c1. The van der Waals surface area contributed by atoms with Gasteiger partial charge in [0.1, 0.15) is 5.52 Å². The van der Waals surface area contributed by atoms with Crippen LogP contribution in [0.1, 0.15) is 35.1 Å². The third kappa shape index (κ3) is 4.92. The van der Waals surface area contributed by atoms with Crippen molar-refractivity contribution in [3.63, 3.8) is 0 Å². The van der Waals surface area contributed by atoms with Gasteiger partial charge in [-0.05, 0) is 56.0 Å². The van der Waals surface area contributed by atoms with Crippen LogP contribution in [-0.2, 0) is 17.5 Å². The molecule has 0 radical (unpaired) electrons. The monoisotopic (exact) mass is 507 g/mol. The van der Waals surface area contributed by atoms with Gasteiger partial charge < -0.3 is 10.0 Å². The molecule has 1 saturated heterocycles. The minimum absolute atomic E-state index is 0.0702. The molecule has 5 rings (SSSR count). The zero-order valence-corrected chi connectivity index (χ0v) is 20.7. The van der Waals surface area contributed by atoms with Crippen LogP contribution in [0.15, 0.2) is 60.7 Å². The van der Waals surface area contributed by atoms with Gasteiger partial charge in [-0.15, -0.1) is 0 Å². The van der Waals surface area contributed by atoms with Gasteiger partial charge in [0, 0.05) is 29.7 Å². The van der Waals surface area contributed by atoms with Crippen molar-refractivity contribution >= 4 is 22.6 Å². The molecule has 37 heavy (non-hydrogen) atoms. The van der Waals surface area contributed by atoms with Crippen molar-refractivity contribution in [2.45, 2.75) is 39.4 Å². The first-order chi connectivity index (χ1) is 17.6. The molecule has 1 aromatic heterocycles. The molecule has 4 aromatic rings.